The van der Waals surface area contributed by atoms with Gasteiger partial charge in [0, 0.05) is 41.1 Å². The standard InChI is InChI=1S/C30H44ClN3O3S2/c1-2-3-4-8-19-33(23-24-9-6-5-7-10-24)27-17-20-34(21-18-27)39(36,37)29-16-15-28(38-29)22-32-30(35)25-11-13-26(31)14-12-25/h11-16,24,27H,2-10,17-23H2,1H3,(H,32,35). The summed E-state index contributed by atoms with van der Waals surface area (Å²) < 4.78 is 28.9. The molecule has 2 aliphatic rings. The molecule has 9 heteroatoms. The van der Waals surface area contributed by atoms with Crippen LogP contribution in [-0.4, -0.2) is 55.8 Å². The molecule has 1 N–H and O–H groups in total. The van der Waals surface area contributed by atoms with E-state index in [0.717, 1.165) is 30.2 Å². The summed E-state index contributed by atoms with van der Waals surface area (Å²) in [7, 11) is -3.53. The molecule has 1 aliphatic heterocycles. The predicted molar refractivity (Wildman–Crippen MR) is 161 cm³/mol. The summed E-state index contributed by atoms with van der Waals surface area (Å²) in [4.78, 5) is 15.9. The van der Waals surface area contributed by atoms with Crippen LogP contribution in [0.25, 0.3) is 0 Å². The third-order valence-corrected chi connectivity index (χ3v) is 11.9. The Balaban J connectivity index is 1.30. The highest BCUT2D eigenvalue weighted by Crippen LogP contribution is 2.30. The molecule has 0 spiro atoms. The Labute approximate surface area is 244 Å². The van der Waals surface area contributed by atoms with Gasteiger partial charge in [-0.05, 0) is 81.0 Å². The third-order valence-electron chi connectivity index (χ3n) is 8.22. The van der Waals surface area contributed by atoms with Crippen molar-refractivity contribution in [3.63, 3.8) is 0 Å². The Bertz CT molecular complexity index is 1140. The molecule has 1 saturated heterocycles. The molecule has 6 nitrogen and oxygen atoms in total. The zero-order valence-corrected chi connectivity index (χ0v) is 25.6. The van der Waals surface area contributed by atoms with Crippen molar-refractivity contribution >= 4 is 38.9 Å². The second kappa shape index (κ2) is 15.0. The third kappa shape index (κ3) is 8.77. The van der Waals surface area contributed by atoms with E-state index in [-0.39, 0.29) is 12.5 Å². The van der Waals surface area contributed by atoms with Crippen LogP contribution in [0.5, 0.6) is 0 Å². The van der Waals surface area contributed by atoms with Crippen LogP contribution < -0.4 is 5.32 Å². The van der Waals surface area contributed by atoms with Gasteiger partial charge in [0.15, 0.2) is 0 Å². The lowest BCUT2D eigenvalue weighted by molar-refractivity contribution is 0.0951. The molecule has 216 valence electrons. The zero-order chi connectivity index (χ0) is 27.7. The average molecular weight is 594 g/mol. The van der Waals surface area contributed by atoms with Gasteiger partial charge in [0.2, 0.25) is 0 Å². The highest BCUT2D eigenvalue weighted by Gasteiger charge is 2.33. The number of hydrogen-bond donors (Lipinski definition) is 1. The number of halogens is 1. The van der Waals surface area contributed by atoms with E-state index >= 15 is 0 Å². The molecule has 1 aliphatic carbocycles. The Hall–Kier alpha value is -1.45. The summed E-state index contributed by atoms with van der Waals surface area (Å²) in [5, 5.41) is 3.45. The molecule has 0 atom stereocenters. The van der Waals surface area contributed by atoms with Crippen molar-refractivity contribution in [1.29, 1.82) is 0 Å². The number of benzene rings is 1. The molecule has 1 aromatic carbocycles. The van der Waals surface area contributed by atoms with E-state index in [4.69, 9.17) is 11.6 Å². The van der Waals surface area contributed by atoms with Crippen molar-refractivity contribution in [2.45, 2.75) is 94.3 Å². The number of carbonyl (C=O) groups excluding carboxylic acids is 1. The number of hydrogen-bond acceptors (Lipinski definition) is 5. The fraction of sp³-hybridized carbons (Fsp3) is 0.633. The highest BCUT2D eigenvalue weighted by molar-refractivity contribution is 7.91. The van der Waals surface area contributed by atoms with Gasteiger partial charge in [-0.2, -0.15) is 4.31 Å². The highest BCUT2D eigenvalue weighted by atomic mass is 35.5. The first-order valence-corrected chi connectivity index (χ1v) is 17.4. The molecule has 0 unspecified atom stereocenters. The Morgan fingerprint density at radius 1 is 1.00 bits per heavy atom. The summed E-state index contributed by atoms with van der Waals surface area (Å²) in [5.74, 6) is 0.593. The van der Waals surface area contributed by atoms with Crippen molar-refractivity contribution < 1.29 is 13.2 Å². The second-order valence-electron chi connectivity index (χ2n) is 11.1. The van der Waals surface area contributed by atoms with Gasteiger partial charge in [0.25, 0.3) is 15.9 Å². The predicted octanol–water partition coefficient (Wildman–Crippen LogP) is 6.95. The van der Waals surface area contributed by atoms with Crippen LogP contribution in [0.1, 0.15) is 92.8 Å². The number of amides is 1. The Morgan fingerprint density at radius 3 is 2.41 bits per heavy atom. The van der Waals surface area contributed by atoms with Crippen molar-refractivity contribution in [2.75, 3.05) is 26.2 Å². The number of carbonyl (C=O) groups is 1. The fourth-order valence-corrected chi connectivity index (χ4v) is 8.95. The van der Waals surface area contributed by atoms with Gasteiger partial charge in [0.05, 0.1) is 6.54 Å². The van der Waals surface area contributed by atoms with Crippen LogP contribution in [0.15, 0.2) is 40.6 Å². The number of rotatable bonds is 13. The molecule has 2 heterocycles. The molecule has 4 rings (SSSR count). The zero-order valence-electron chi connectivity index (χ0n) is 23.2. The van der Waals surface area contributed by atoms with Crippen LogP contribution in [0, 0.1) is 5.92 Å². The quantitative estimate of drug-likeness (QED) is 0.255. The first-order chi connectivity index (χ1) is 18.9. The minimum Gasteiger partial charge on any atom is -0.347 e. The van der Waals surface area contributed by atoms with E-state index in [1.165, 1.54) is 75.7 Å². The number of sulfonamides is 1. The fourth-order valence-electron chi connectivity index (χ4n) is 5.90. The first-order valence-electron chi connectivity index (χ1n) is 14.7. The monoisotopic (exact) mass is 593 g/mol. The summed E-state index contributed by atoms with van der Waals surface area (Å²) in [5.41, 5.74) is 0.523. The minimum atomic E-state index is -3.53. The van der Waals surface area contributed by atoms with E-state index < -0.39 is 10.0 Å². The van der Waals surface area contributed by atoms with E-state index in [9.17, 15) is 13.2 Å². The van der Waals surface area contributed by atoms with Gasteiger partial charge in [-0.15, -0.1) is 11.3 Å². The average Bonchev–Trinajstić information content (AvgIpc) is 3.45. The largest absolute Gasteiger partial charge is 0.347 e. The van der Waals surface area contributed by atoms with E-state index in [0.29, 0.717) is 33.9 Å². The molecule has 39 heavy (non-hydrogen) atoms. The maximum atomic E-state index is 13.5. The van der Waals surface area contributed by atoms with Crippen molar-refractivity contribution in [3.05, 3.63) is 51.9 Å². The van der Waals surface area contributed by atoms with Crippen molar-refractivity contribution in [1.82, 2.24) is 14.5 Å². The van der Waals surface area contributed by atoms with E-state index in [2.05, 4.69) is 17.1 Å². The molecule has 2 aromatic rings. The topological polar surface area (TPSA) is 69.7 Å². The maximum absolute atomic E-state index is 13.5. The Morgan fingerprint density at radius 2 is 1.72 bits per heavy atom. The van der Waals surface area contributed by atoms with Crippen molar-refractivity contribution in [2.24, 2.45) is 5.92 Å². The first kappa shape index (κ1) is 30.5. The summed E-state index contributed by atoms with van der Waals surface area (Å²) in [6.45, 7) is 6.01. The molecule has 0 bridgehead atoms. The normalized spacial score (nSPS) is 18.0. The molecule has 1 saturated carbocycles. The Kier molecular flexibility index (Phi) is 11.7. The maximum Gasteiger partial charge on any atom is 0.252 e. The van der Waals surface area contributed by atoms with E-state index in [1.54, 1.807) is 40.7 Å². The lowest BCUT2D eigenvalue weighted by Crippen LogP contribution is -2.48. The van der Waals surface area contributed by atoms with Gasteiger partial charge < -0.3 is 10.2 Å². The molecule has 0 radical (unpaired) electrons. The molecular weight excluding hydrogens is 550 g/mol. The lowest BCUT2D eigenvalue weighted by Gasteiger charge is -2.40. The van der Waals surface area contributed by atoms with Crippen LogP contribution in [0.2, 0.25) is 5.02 Å². The van der Waals surface area contributed by atoms with Gasteiger partial charge in [-0.3, -0.25) is 4.79 Å². The molecular formula is C30H44ClN3O3S2. The smallest absolute Gasteiger partial charge is 0.252 e. The number of piperidine rings is 1. The number of nitrogens with zero attached hydrogens (tertiary/aromatic N) is 2. The molecule has 1 aromatic heterocycles. The van der Waals surface area contributed by atoms with E-state index in [1.807, 2.05) is 0 Å². The van der Waals surface area contributed by atoms with Gasteiger partial charge in [-0.25, -0.2) is 8.42 Å². The molecule has 2 fully saturated rings. The summed E-state index contributed by atoms with van der Waals surface area (Å²) >= 11 is 7.14. The van der Waals surface area contributed by atoms with Crippen LogP contribution in [0.4, 0.5) is 0 Å². The van der Waals surface area contributed by atoms with Crippen LogP contribution in [0.3, 0.4) is 0 Å². The number of unbranched alkanes of at least 4 members (excludes halogenated alkanes) is 3. The summed E-state index contributed by atoms with van der Waals surface area (Å²) in [6, 6.07) is 10.7. The van der Waals surface area contributed by atoms with Crippen molar-refractivity contribution in [3.8, 4) is 0 Å². The van der Waals surface area contributed by atoms with Crippen LogP contribution >= 0.6 is 22.9 Å². The van der Waals surface area contributed by atoms with Gasteiger partial charge in [-0.1, -0.05) is 57.0 Å². The number of thiophene rings is 1. The van der Waals surface area contributed by atoms with Gasteiger partial charge >= 0.3 is 0 Å². The minimum absolute atomic E-state index is 0.209. The second-order valence-corrected chi connectivity index (χ2v) is 14.9. The van der Waals surface area contributed by atoms with Gasteiger partial charge in [0.1, 0.15) is 4.21 Å². The lowest BCUT2D eigenvalue weighted by atomic mass is 9.88. The van der Waals surface area contributed by atoms with Crippen LogP contribution in [-0.2, 0) is 16.6 Å². The SMILES string of the molecule is CCCCCCN(CC1CCCCC1)C1CCN(S(=O)(=O)c2ccc(CNC(=O)c3ccc(Cl)cc3)s2)CC1. The number of nitrogens with one attached hydrogen (secondary N) is 1. The molecule has 1 amide bonds. The summed E-state index contributed by atoms with van der Waals surface area (Å²) in [6.07, 6.45) is 13.7.